The van der Waals surface area contributed by atoms with Gasteiger partial charge in [0.25, 0.3) is 0 Å². The fraction of sp³-hybridized carbons (Fsp3) is 0.318. The Bertz CT molecular complexity index is 787. The Hall–Kier alpha value is -2.35. The average Bonchev–Trinajstić information content (AvgIpc) is 2.52. The largest absolute Gasteiger partial charge is 0.380 e. The van der Waals surface area contributed by atoms with Crippen LogP contribution < -0.4 is 5.32 Å². The normalized spacial score (nSPS) is 18.9. The van der Waals surface area contributed by atoms with E-state index < -0.39 is 0 Å². The summed E-state index contributed by atoms with van der Waals surface area (Å²) < 4.78 is 0. The molecule has 0 saturated heterocycles. The van der Waals surface area contributed by atoms with E-state index in [2.05, 4.69) is 38.2 Å². The summed E-state index contributed by atoms with van der Waals surface area (Å²) in [4.78, 5) is 12.7. The van der Waals surface area contributed by atoms with Gasteiger partial charge >= 0.3 is 0 Å². The number of carbonyl (C=O) groups excluding carboxylic acids is 1. The number of benzene rings is 2. The second-order valence-corrected chi connectivity index (χ2v) is 7.48. The molecule has 2 nitrogen and oxygen atoms in total. The molecule has 0 bridgehead atoms. The molecule has 1 unspecified atom stereocenters. The number of ketones is 1. The number of fused-ring (bicyclic) bond motifs is 1. The fourth-order valence-corrected chi connectivity index (χ4v) is 3.62. The highest BCUT2D eigenvalue weighted by atomic mass is 16.1. The van der Waals surface area contributed by atoms with Gasteiger partial charge in [-0.05, 0) is 68.0 Å². The van der Waals surface area contributed by atoms with Gasteiger partial charge in [0.15, 0.2) is 5.78 Å². The van der Waals surface area contributed by atoms with E-state index in [-0.39, 0.29) is 11.3 Å². The van der Waals surface area contributed by atoms with Crippen LogP contribution in [-0.2, 0) is 0 Å². The summed E-state index contributed by atoms with van der Waals surface area (Å²) in [6.07, 6.45) is 4.62. The number of hydrogen-bond acceptors (Lipinski definition) is 2. The van der Waals surface area contributed by atoms with Crippen LogP contribution in [0.5, 0.6) is 0 Å². The minimum Gasteiger partial charge on any atom is -0.380 e. The van der Waals surface area contributed by atoms with Gasteiger partial charge in [0, 0.05) is 16.8 Å². The molecule has 1 aliphatic rings. The molecule has 0 spiro atoms. The minimum atomic E-state index is 0.0659. The molecule has 0 amide bonds. The smallest absolute Gasteiger partial charge is 0.186 e. The van der Waals surface area contributed by atoms with Crippen molar-refractivity contribution in [3.8, 4) is 0 Å². The maximum atomic E-state index is 12.7. The average molecular weight is 319 g/mol. The topological polar surface area (TPSA) is 29.1 Å². The highest BCUT2D eigenvalue weighted by molar-refractivity contribution is 6.08. The van der Waals surface area contributed by atoms with Crippen molar-refractivity contribution in [1.29, 1.82) is 0 Å². The molecule has 1 aliphatic heterocycles. The lowest BCUT2D eigenvalue weighted by Crippen LogP contribution is -2.36. The Morgan fingerprint density at radius 2 is 1.92 bits per heavy atom. The second-order valence-electron chi connectivity index (χ2n) is 7.48. The third-order valence-corrected chi connectivity index (χ3v) is 4.71. The number of allylic oxidation sites excluding steroid dienone is 1. The van der Waals surface area contributed by atoms with Gasteiger partial charge in [-0.2, -0.15) is 0 Å². The Morgan fingerprint density at radius 1 is 1.21 bits per heavy atom. The Morgan fingerprint density at radius 3 is 2.62 bits per heavy atom. The molecule has 0 radical (unpaired) electrons. The quantitative estimate of drug-likeness (QED) is 0.590. The molecule has 2 aromatic rings. The van der Waals surface area contributed by atoms with Gasteiger partial charge in [0.05, 0.1) is 0 Å². The molecule has 2 aromatic carbocycles. The molecule has 1 heterocycles. The molecular formula is C22H25NO. The molecule has 0 saturated carbocycles. The summed E-state index contributed by atoms with van der Waals surface area (Å²) >= 11 is 0. The lowest BCUT2D eigenvalue weighted by atomic mass is 9.80. The molecular weight excluding hydrogens is 294 g/mol. The zero-order chi connectivity index (χ0) is 17.3. The van der Waals surface area contributed by atoms with Crippen molar-refractivity contribution >= 4 is 17.5 Å². The number of anilines is 1. The number of hydrogen-bond donors (Lipinski definition) is 1. The molecule has 3 rings (SSSR count). The van der Waals surface area contributed by atoms with Gasteiger partial charge < -0.3 is 5.32 Å². The van der Waals surface area contributed by atoms with Crippen LogP contribution in [0.1, 0.15) is 60.2 Å². The first-order chi connectivity index (χ1) is 11.4. The maximum absolute atomic E-state index is 12.7. The monoisotopic (exact) mass is 319 g/mol. The Balaban J connectivity index is 1.91. The Labute approximate surface area is 144 Å². The van der Waals surface area contributed by atoms with Crippen LogP contribution in [0.2, 0.25) is 0 Å². The van der Waals surface area contributed by atoms with Crippen LogP contribution >= 0.6 is 0 Å². The van der Waals surface area contributed by atoms with Crippen molar-refractivity contribution < 1.29 is 4.79 Å². The second kappa shape index (κ2) is 6.27. The van der Waals surface area contributed by atoms with Crippen molar-refractivity contribution in [1.82, 2.24) is 0 Å². The molecule has 0 aromatic heterocycles. The first kappa shape index (κ1) is 16.5. The molecule has 0 aliphatic carbocycles. The first-order valence-corrected chi connectivity index (χ1v) is 8.56. The minimum absolute atomic E-state index is 0.0659. The zero-order valence-corrected chi connectivity index (χ0v) is 14.9. The van der Waals surface area contributed by atoms with E-state index >= 15 is 0 Å². The van der Waals surface area contributed by atoms with E-state index in [4.69, 9.17) is 0 Å². The third-order valence-electron chi connectivity index (χ3n) is 4.71. The fourth-order valence-electron chi connectivity index (χ4n) is 3.62. The van der Waals surface area contributed by atoms with Crippen LogP contribution in [-0.4, -0.2) is 11.3 Å². The van der Waals surface area contributed by atoms with E-state index in [1.807, 2.05) is 43.3 Å². The summed E-state index contributed by atoms with van der Waals surface area (Å²) in [6, 6.07) is 14.1. The van der Waals surface area contributed by atoms with E-state index in [1.54, 1.807) is 6.08 Å². The van der Waals surface area contributed by atoms with Crippen molar-refractivity contribution in [3.63, 3.8) is 0 Å². The Kier molecular flexibility index (Phi) is 4.31. The van der Waals surface area contributed by atoms with Gasteiger partial charge in [-0.1, -0.05) is 43.3 Å². The lowest BCUT2D eigenvalue weighted by molar-refractivity contribution is 0.104. The standard InChI is InChI=1S/C22H25NO/c1-15-12-20-18(16(2)14-22(3,4)23-20)13-19(15)21(24)11-10-17-8-6-5-7-9-17/h5-13,16,23H,14H2,1-4H3/b11-10+. The summed E-state index contributed by atoms with van der Waals surface area (Å²) in [7, 11) is 0. The van der Waals surface area contributed by atoms with Crippen LogP contribution in [0.4, 0.5) is 5.69 Å². The van der Waals surface area contributed by atoms with Gasteiger partial charge in [-0.15, -0.1) is 0 Å². The first-order valence-electron chi connectivity index (χ1n) is 8.56. The van der Waals surface area contributed by atoms with E-state index in [1.165, 1.54) is 11.3 Å². The number of nitrogens with one attached hydrogen (secondary N) is 1. The van der Waals surface area contributed by atoms with Crippen molar-refractivity contribution in [2.45, 2.75) is 45.6 Å². The highest BCUT2D eigenvalue weighted by Crippen LogP contribution is 2.39. The van der Waals surface area contributed by atoms with E-state index in [0.29, 0.717) is 5.92 Å². The summed E-state index contributed by atoms with van der Waals surface area (Å²) in [5.74, 6) is 0.512. The van der Waals surface area contributed by atoms with Crippen LogP contribution in [0, 0.1) is 6.92 Å². The predicted molar refractivity (Wildman–Crippen MR) is 102 cm³/mol. The van der Waals surface area contributed by atoms with E-state index in [9.17, 15) is 4.79 Å². The molecule has 1 N–H and O–H groups in total. The molecule has 2 heteroatoms. The van der Waals surface area contributed by atoms with E-state index in [0.717, 1.165) is 23.1 Å². The molecule has 1 atom stereocenters. The molecule has 24 heavy (non-hydrogen) atoms. The maximum Gasteiger partial charge on any atom is 0.186 e. The summed E-state index contributed by atoms with van der Waals surface area (Å²) in [5, 5.41) is 3.60. The highest BCUT2D eigenvalue weighted by Gasteiger charge is 2.30. The van der Waals surface area contributed by atoms with Crippen LogP contribution in [0.3, 0.4) is 0 Å². The van der Waals surface area contributed by atoms with Gasteiger partial charge in [0.2, 0.25) is 0 Å². The third kappa shape index (κ3) is 3.43. The van der Waals surface area contributed by atoms with Gasteiger partial charge in [-0.3, -0.25) is 4.79 Å². The molecule has 0 fully saturated rings. The lowest BCUT2D eigenvalue weighted by Gasteiger charge is -2.38. The SMILES string of the molecule is Cc1cc2c(cc1C(=O)/C=C/c1ccccc1)C(C)CC(C)(C)N2. The van der Waals surface area contributed by atoms with Crippen molar-refractivity contribution in [3.05, 3.63) is 70.8 Å². The summed E-state index contributed by atoms with van der Waals surface area (Å²) in [6.45, 7) is 8.70. The zero-order valence-electron chi connectivity index (χ0n) is 14.9. The predicted octanol–water partition coefficient (Wildman–Crippen LogP) is 5.59. The molecule has 124 valence electrons. The van der Waals surface area contributed by atoms with Crippen LogP contribution in [0.15, 0.2) is 48.5 Å². The van der Waals surface area contributed by atoms with Crippen molar-refractivity contribution in [2.75, 3.05) is 5.32 Å². The van der Waals surface area contributed by atoms with Gasteiger partial charge in [-0.25, -0.2) is 0 Å². The number of aryl methyl sites for hydroxylation is 1. The number of carbonyl (C=O) groups is 1. The van der Waals surface area contributed by atoms with Crippen molar-refractivity contribution in [2.24, 2.45) is 0 Å². The van der Waals surface area contributed by atoms with Crippen LogP contribution in [0.25, 0.3) is 6.08 Å². The number of rotatable bonds is 3. The summed E-state index contributed by atoms with van der Waals surface area (Å²) in [5.41, 5.74) is 5.37. The van der Waals surface area contributed by atoms with Gasteiger partial charge in [0.1, 0.15) is 0 Å².